The lowest BCUT2D eigenvalue weighted by atomic mass is 10.1. The van der Waals surface area contributed by atoms with E-state index in [1.54, 1.807) is 0 Å². The number of hydrogen-bond acceptors (Lipinski definition) is 5. The van der Waals surface area contributed by atoms with Gasteiger partial charge in [-0.05, 0) is 55.4 Å². The first-order valence-corrected chi connectivity index (χ1v) is 10.6. The van der Waals surface area contributed by atoms with Crippen LogP contribution in [0.5, 0.6) is 0 Å². The molecule has 1 atom stereocenters. The van der Waals surface area contributed by atoms with Crippen molar-refractivity contribution in [3.63, 3.8) is 0 Å². The van der Waals surface area contributed by atoms with Crippen LogP contribution in [0.1, 0.15) is 19.4 Å². The Bertz CT molecular complexity index is 894. The number of carbonyl (C=O) groups excluding carboxylic acids is 1. The monoisotopic (exact) mass is 404 g/mol. The quantitative estimate of drug-likeness (QED) is 0.704. The Morgan fingerprint density at radius 3 is 2.11 bits per heavy atom. The Kier molecular flexibility index (Phi) is 7.17. The zero-order chi connectivity index (χ0) is 20.9. The first-order valence-electron chi connectivity index (χ1n) is 9.06. The van der Waals surface area contributed by atoms with Gasteiger partial charge in [-0.2, -0.15) is 0 Å². The average Bonchev–Trinajstić information content (AvgIpc) is 2.65. The second kappa shape index (κ2) is 9.18. The molecule has 0 aliphatic rings. The highest BCUT2D eigenvalue weighted by molar-refractivity contribution is 7.89. The van der Waals surface area contributed by atoms with Crippen molar-refractivity contribution < 1.29 is 13.2 Å². The van der Waals surface area contributed by atoms with Gasteiger partial charge in [-0.15, -0.1) is 0 Å². The summed E-state index contributed by atoms with van der Waals surface area (Å²) in [4.78, 5) is 16.7. The summed E-state index contributed by atoms with van der Waals surface area (Å²) in [6.07, 6.45) is 0. The van der Waals surface area contributed by atoms with Gasteiger partial charge in [-0.1, -0.05) is 19.1 Å². The standard InChI is InChI=1S/C20H28N4O3S/c1-5-24(14-16-6-10-18(11-7-16)23(3)4)15(2)20(25)22-17-8-12-19(13-9-17)28(21,26)27/h6-13,15H,5,14H2,1-4H3,(H,22,25)(H2,21,26,27)/t15-/m0/s1. The summed E-state index contributed by atoms with van der Waals surface area (Å²) in [6.45, 7) is 5.24. The molecule has 0 bridgehead atoms. The van der Waals surface area contributed by atoms with E-state index in [2.05, 4.69) is 34.5 Å². The van der Waals surface area contributed by atoms with E-state index in [0.29, 0.717) is 18.8 Å². The van der Waals surface area contributed by atoms with Gasteiger partial charge < -0.3 is 10.2 Å². The second-order valence-corrected chi connectivity index (χ2v) is 8.42. The molecule has 0 aromatic heterocycles. The van der Waals surface area contributed by atoms with Crippen LogP contribution in [0, 0.1) is 0 Å². The molecule has 0 saturated carbocycles. The van der Waals surface area contributed by atoms with Crippen LogP contribution in [0.15, 0.2) is 53.4 Å². The van der Waals surface area contributed by atoms with Gasteiger partial charge in [0.15, 0.2) is 0 Å². The van der Waals surface area contributed by atoms with Crippen LogP contribution in [-0.4, -0.2) is 45.9 Å². The average molecular weight is 405 g/mol. The van der Waals surface area contributed by atoms with E-state index < -0.39 is 10.0 Å². The Balaban J connectivity index is 2.03. The van der Waals surface area contributed by atoms with Crippen LogP contribution >= 0.6 is 0 Å². The first kappa shape index (κ1) is 21.9. The minimum absolute atomic E-state index is 0.00917. The fourth-order valence-electron chi connectivity index (χ4n) is 2.80. The lowest BCUT2D eigenvalue weighted by Gasteiger charge is -2.27. The molecule has 28 heavy (non-hydrogen) atoms. The van der Waals surface area contributed by atoms with Gasteiger partial charge >= 0.3 is 0 Å². The molecule has 2 rings (SSSR count). The van der Waals surface area contributed by atoms with Crippen molar-refractivity contribution in [3.8, 4) is 0 Å². The molecule has 3 N–H and O–H groups in total. The first-order chi connectivity index (χ1) is 13.1. The predicted molar refractivity (Wildman–Crippen MR) is 113 cm³/mol. The summed E-state index contributed by atoms with van der Waals surface area (Å²) >= 11 is 0. The number of primary sulfonamides is 1. The lowest BCUT2D eigenvalue weighted by Crippen LogP contribution is -2.41. The summed E-state index contributed by atoms with van der Waals surface area (Å²) in [5.74, 6) is -0.157. The number of nitrogens with one attached hydrogen (secondary N) is 1. The maximum absolute atomic E-state index is 12.6. The largest absolute Gasteiger partial charge is 0.378 e. The number of nitrogens with two attached hydrogens (primary N) is 1. The maximum atomic E-state index is 12.6. The number of nitrogens with zero attached hydrogens (tertiary/aromatic N) is 2. The molecule has 0 fully saturated rings. The molecule has 8 heteroatoms. The van der Waals surface area contributed by atoms with E-state index >= 15 is 0 Å². The van der Waals surface area contributed by atoms with Crippen molar-refractivity contribution in [2.24, 2.45) is 5.14 Å². The normalized spacial score (nSPS) is 12.6. The Hall–Kier alpha value is -2.42. The van der Waals surface area contributed by atoms with Gasteiger partial charge in [0, 0.05) is 32.0 Å². The third-order valence-corrected chi connectivity index (χ3v) is 5.55. The fraction of sp³-hybridized carbons (Fsp3) is 0.350. The van der Waals surface area contributed by atoms with Gasteiger partial charge in [0.1, 0.15) is 0 Å². The summed E-state index contributed by atoms with van der Waals surface area (Å²) in [6, 6.07) is 13.7. The third-order valence-electron chi connectivity index (χ3n) is 4.62. The van der Waals surface area contributed by atoms with Gasteiger partial charge in [-0.25, -0.2) is 13.6 Å². The van der Waals surface area contributed by atoms with Crippen LogP contribution in [0.2, 0.25) is 0 Å². The van der Waals surface area contributed by atoms with E-state index in [4.69, 9.17) is 5.14 Å². The lowest BCUT2D eigenvalue weighted by molar-refractivity contribution is -0.120. The third kappa shape index (κ3) is 5.79. The predicted octanol–water partition coefficient (Wildman–Crippen LogP) is 2.25. The fourth-order valence-corrected chi connectivity index (χ4v) is 3.31. The highest BCUT2D eigenvalue weighted by Gasteiger charge is 2.20. The van der Waals surface area contributed by atoms with Crippen LogP contribution in [-0.2, 0) is 21.4 Å². The molecule has 0 spiro atoms. The summed E-state index contributed by atoms with van der Waals surface area (Å²) in [5.41, 5.74) is 2.78. The van der Waals surface area contributed by atoms with Crippen molar-refractivity contribution in [1.82, 2.24) is 4.90 Å². The topological polar surface area (TPSA) is 95.7 Å². The molecule has 0 saturated heterocycles. The van der Waals surface area contributed by atoms with Crippen molar-refractivity contribution >= 4 is 27.3 Å². The summed E-state index contributed by atoms with van der Waals surface area (Å²) in [5, 5.41) is 7.91. The number of amides is 1. The molecule has 152 valence electrons. The van der Waals surface area contributed by atoms with Crippen molar-refractivity contribution in [1.29, 1.82) is 0 Å². The van der Waals surface area contributed by atoms with Crippen molar-refractivity contribution in [2.45, 2.75) is 31.3 Å². The Labute approximate surface area is 167 Å². The molecule has 2 aromatic rings. The van der Waals surface area contributed by atoms with Crippen LogP contribution in [0.3, 0.4) is 0 Å². The number of benzene rings is 2. The second-order valence-electron chi connectivity index (χ2n) is 6.86. The minimum atomic E-state index is -3.75. The zero-order valence-corrected chi connectivity index (χ0v) is 17.5. The number of rotatable bonds is 8. The van der Waals surface area contributed by atoms with Gasteiger partial charge in [0.25, 0.3) is 0 Å². The van der Waals surface area contributed by atoms with Gasteiger partial charge in [0.2, 0.25) is 15.9 Å². The molecular formula is C20H28N4O3S. The molecule has 0 aliphatic carbocycles. The van der Waals surface area contributed by atoms with Gasteiger partial charge in [0.05, 0.1) is 10.9 Å². The summed E-state index contributed by atoms with van der Waals surface area (Å²) < 4.78 is 22.6. The zero-order valence-electron chi connectivity index (χ0n) is 16.7. The van der Waals surface area contributed by atoms with Crippen LogP contribution in [0.4, 0.5) is 11.4 Å². The molecule has 0 radical (unpaired) electrons. The van der Waals surface area contributed by atoms with E-state index in [0.717, 1.165) is 11.3 Å². The van der Waals surface area contributed by atoms with Crippen LogP contribution in [0.25, 0.3) is 0 Å². The molecule has 0 aliphatic heterocycles. The van der Waals surface area contributed by atoms with E-state index in [-0.39, 0.29) is 16.8 Å². The number of hydrogen-bond donors (Lipinski definition) is 2. The Morgan fingerprint density at radius 1 is 1.07 bits per heavy atom. The minimum Gasteiger partial charge on any atom is -0.378 e. The molecule has 7 nitrogen and oxygen atoms in total. The molecule has 0 heterocycles. The molecule has 1 amide bonds. The van der Waals surface area contributed by atoms with E-state index in [9.17, 15) is 13.2 Å². The smallest absolute Gasteiger partial charge is 0.241 e. The number of likely N-dealkylation sites (N-methyl/N-ethyl adjacent to an activating group) is 1. The summed E-state index contributed by atoms with van der Waals surface area (Å²) in [7, 11) is 0.242. The van der Waals surface area contributed by atoms with E-state index in [1.807, 2.05) is 32.8 Å². The molecule has 2 aromatic carbocycles. The Morgan fingerprint density at radius 2 is 1.64 bits per heavy atom. The number of carbonyl (C=O) groups is 1. The van der Waals surface area contributed by atoms with Gasteiger partial charge in [-0.3, -0.25) is 9.69 Å². The number of sulfonamides is 1. The maximum Gasteiger partial charge on any atom is 0.241 e. The molecule has 0 unspecified atom stereocenters. The number of anilines is 2. The van der Waals surface area contributed by atoms with Crippen molar-refractivity contribution in [3.05, 3.63) is 54.1 Å². The van der Waals surface area contributed by atoms with Crippen molar-refractivity contribution in [2.75, 3.05) is 30.9 Å². The molecular weight excluding hydrogens is 376 g/mol. The van der Waals surface area contributed by atoms with Crippen LogP contribution < -0.4 is 15.4 Å². The highest BCUT2D eigenvalue weighted by atomic mass is 32.2. The SMILES string of the molecule is CCN(Cc1ccc(N(C)C)cc1)[C@@H](C)C(=O)Nc1ccc(S(N)(=O)=O)cc1. The van der Waals surface area contributed by atoms with E-state index in [1.165, 1.54) is 24.3 Å². The highest BCUT2D eigenvalue weighted by Crippen LogP contribution is 2.17.